The van der Waals surface area contributed by atoms with Crippen molar-refractivity contribution in [3.8, 4) is 22.8 Å². The summed E-state index contributed by atoms with van der Waals surface area (Å²) in [5, 5.41) is 1.02. The Bertz CT molecular complexity index is 836. The molecule has 3 nitrogen and oxygen atoms in total. The highest BCUT2D eigenvalue weighted by atomic mass is 16.5. The van der Waals surface area contributed by atoms with Gasteiger partial charge in [-0.1, -0.05) is 0 Å². The van der Waals surface area contributed by atoms with E-state index in [4.69, 9.17) is 13.9 Å². The number of hydrogen-bond acceptors (Lipinski definition) is 2. The van der Waals surface area contributed by atoms with E-state index in [1.54, 1.807) is 7.11 Å². The largest absolute Gasteiger partial charge is 0.497 e. The molecule has 0 fully saturated rings. The number of ether oxygens (including phenoxy) is 2. The monoisotopic (exact) mass is 309 g/mol. The van der Waals surface area contributed by atoms with Crippen molar-refractivity contribution < 1.29 is 13.9 Å². The number of rotatable bonds is 4. The summed E-state index contributed by atoms with van der Waals surface area (Å²) in [4.78, 5) is 0. The molecule has 0 atom stereocenters. The molecule has 0 spiro atoms. The molecule has 0 saturated heterocycles. The molecule has 0 radical (unpaired) electrons. The summed E-state index contributed by atoms with van der Waals surface area (Å²) in [5.41, 5.74) is 4.17. The van der Waals surface area contributed by atoms with E-state index in [1.165, 1.54) is 5.56 Å². The molecule has 118 valence electrons. The lowest BCUT2D eigenvalue weighted by Crippen LogP contribution is -1.95. The van der Waals surface area contributed by atoms with Gasteiger partial charge in [-0.2, -0.15) is 0 Å². The molecule has 0 aliphatic heterocycles. The van der Waals surface area contributed by atoms with Crippen LogP contribution >= 0.6 is 0 Å². The first-order chi connectivity index (χ1) is 11.1. The molecule has 3 heteroatoms. The molecule has 2 aromatic carbocycles. The van der Waals surface area contributed by atoms with E-state index in [2.05, 4.69) is 26.0 Å². The van der Waals surface area contributed by atoms with Crippen LogP contribution in [-0.4, -0.2) is 13.7 Å². The van der Waals surface area contributed by atoms with Crippen molar-refractivity contribution in [2.24, 2.45) is 0 Å². The van der Waals surface area contributed by atoms with Crippen LogP contribution in [0.25, 0.3) is 22.3 Å². The molecule has 0 unspecified atom stereocenters. The zero-order chi connectivity index (χ0) is 16.4. The topological polar surface area (TPSA) is 29.8 Å². The number of fused-ring (bicyclic) bond motifs is 1. The smallest absolute Gasteiger partial charge is 0.367 e. The van der Waals surface area contributed by atoms with Gasteiger partial charge in [0.1, 0.15) is 16.9 Å². The zero-order valence-corrected chi connectivity index (χ0v) is 14.0. The first kappa shape index (κ1) is 15.3. The van der Waals surface area contributed by atoms with Gasteiger partial charge in [-0.25, -0.2) is 4.42 Å². The Morgan fingerprint density at radius 1 is 1.00 bits per heavy atom. The van der Waals surface area contributed by atoms with Crippen molar-refractivity contribution in [2.75, 3.05) is 13.7 Å². The van der Waals surface area contributed by atoms with Gasteiger partial charge < -0.3 is 9.47 Å². The number of aryl methyl sites for hydroxylation is 2. The summed E-state index contributed by atoms with van der Waals surface area (Å²) in [6.45, 7) is 6.76. The second kappa shape index (κ2) is 6.29. The highest BCUT2D eigenvalue weighted by molar-refractivity contribution is 5.88. The fourth-order valence-corrected chi connectivity index (χ4v) is 2.78. The van der Waals surface area contributed by atoms with E-state index in [-0.39, 0.29) is 0 Å². The van der Waals surface area contributed by atoms with Crippen LogP contribution in [0, 0.1) is 13.8 Å². The molecule has 0 saturated carbocycles. The summed E-state index contributed by atoms with van der Waals surface area (Å²) in [7, 11) is 1.66. The number of hydrogen-bond donors (Lipinski definition) is 0. The van der Waals surface area contributed by atoms with E-state index in [0.29, 0.717) is 6.61 Å². The molecular weight excluding hydrogens is 288 g/mol. The Labute approximate surface area is 136 Å². The van der Waals surface area contributed by atoms with Gasteiger partial charge in [-0.15, -0.1) is 0 Å². The van der Waals surface area contributed by atoms with Crippen LogP contribution in [0.4, 0.5) is 0 Å². The van der Waals surface area contributed by atoms with E-state index in [0.717, 1.165) is 39.4 Å². The maximum atomic E-state index is 6.17. The van der Waals surface area contributed by atoms with Crippen LogP contribution in [0.5, 0.6) is 11.5 Å². The van der Waals surface area contributed by atoms with E-state index >= 15 is 0 Å². The Hall–Kier alpha value is -2.55. The van der Waals surface area contributed by atoms with E-state index in [1.807, 2.05) is 37.3 Å². The molecule has 0 aliphatic rings. The highest BCUT2D eigenvalue weighted by Gasteiger charge is 2.22. The fraction of sp³-hybridized carbons (Fsp3) is 0.250. The number of methoxy groups -OCH3 is 1. The number of benzene rings is 2. The minimum atomic E-state index is 0.619. The van der Waals surface area contributed by atoms with E-state index < -0.39 is 0 Å². The van der Waals surface area contributed by atoms with Crippen LogP contribution < -0.4 is 9.47 Å². The van der Waals surface area contributed by atoms with Crippen molar-refractivity contribution in [1.82, 2.24) is 0 Å². The summed E-state index contributed by atoms with van der Waals surface area (Å²) < 4.78 is 17.2. The SMILES string of the molecule is CCOc1cc(-c2ccc(OC)cc2)[o+]c2c(C)cc(C)cc12. The van der Waals surface area contributed by atoms with Crippen molar-refractivity contribution in [1.29, 1.82) is 0 Å². The Morgan fingerprint density at radius 3 is 2.39 bits per heavy atom. The average Bonchev–Trinajstić information content (AvgIpc) is 2.55. The predicted octanol–water partition coefficient (Wildman–Crippen LogP) is 5.41. The first-order valence-corrected chi connectivity index (χ1v) is 7.77. The molecule has 0 aliphatic carbocycles. The third-order valence-corrected chi connectivity index (χ3v) is 3.83. The summed E-state index contributed by atoms with van der Waals surface area (Å²) >= 11 is 0. The first-order valence-electron chi connectivity index (χ1n) is 7.77. The van der Waals surface area contributed by atoms with Gasteiger partial charge in [-0.3, -0.25) is 0 Å². The summed E-state index contributed by atoms with van der Waals surface area (Å²) in [6.07, 6.45) is 0. The minimum Gasteiger partial charge on any atom is -0.497 e. The maximum absolute atomic E-state index is 6.17. The van der Waals surface area contributed by atoms with Crippen LogP contribution in [0.15, 0.2) is 46.9 Å². The van der Waals surface area contributed by atoms with Crippen molar-refractivity contribution in [2.45, 2.75) is 20.8 Å². The standard InChI is InChI=1S/C20H21O3/c1-5-22-19-12-18(15-6-8-16(21-4)9-7-15)23-20-14(3)10-13(2)11-17(19)20/h6-12H,5H2,1-4H3/q+1. The van der Waals surface area contributed by atoms with Crippen molar-refractivity contribution in [3.63, 3.8) is 0 Å². The van der Waals surface area contributed by atoms with E-state index in [9.17, 15) is 0 Å². The van der Waals surface area contributed by atoms with Gasteiger partial charge in [0.05, 0.1) is 30.9 Å². The Balaban J connectivity index is 2.21. The maximum Gasteiger partial charge on any atom is 0.367 e. The third-order valence-electron chi connectivity index (χ3n) is 3.83. The van der Waals surface area contributed by atoms with Gasteiger partial charge in [-0.05, 0) is 62.7 Å². The molecule has 3 rings (SSSR count). The minimum absolute atomic E-state index is 0.619. The van der Waals surface area contributed by atoms with Crippen LogP contribution in [0.1, 0.15) is 18.1 Å². The molecule has 1 aromatic heterocycles. The van der Waals surface area contributed by atoms with Crippen LogP contribution in [0.2, 0.25) is 0 Å². The quantitative estimate of drug-likeness (QED) is 0.604. The molecule has 0 amide bonds. The summed E-state index contributed by atoms with van der Waals surface area (Å²) in [5.74, 6) is 2.47. The predicted molar refractivity (Wildman–Crippen MR) is 93.3 cm³/mol. The lowest BCUT2D eigenvalue weighted by molar-refractivity contribution is 0.342. The highest BCUT2D eigenvalue weighted by Crippen LogP contribution is 2.35. The molecule has 23 heavy (non-hydrogen) atoms. The lowest BCUT2D eigenvalue weighted by atomic mass is 10.1. The normalized spacial score (nSPS) is 10.8. The zero-order valence-electron chi connectivity index (χ0n) is 14.0. The van der Waals surface area contributed by atoms with Crippen LogP contribution in [-0.2, 0) is 0 Å². The van der Waals surface area contributed by atoms with Gasteiger partial charge >= 0.3 is 11.3 Å². The fourth-order valence-electron chi connectivity index (χ4n) is 2.78. The van der Waals surface area contributed by atoms with Crippen molar-refractivity contribution in [3.05, 3.63) is 53.6 Å². The molecule has 0 bridgehead atoms. The van der Waals surface area contributed by atoms with Gasteiger partial charge in [0.25, 0.3) is 0 Å². The molecule has 0 N–H and O–H groups in total. The van der Waals surface area contributed by atoms with Gasteiger partial charge in [0, 0.05) is 0 Å². The van der Waals surface area contributed by atoms with Crippen LogP contribution in [0.3, 0.4) is 0 Å². The lowest BCUT2D eigenvalue weighted by Gasteiger charge is -2.06. The summed E-state index contributed by atoms with van der Waals surface area (Å²) in [6, 6.07) is 14.0. The second-order valence-electron chi connectivity index (χ2n) is 5.59. The molecular formula is C20H21O3+. The third kappa shape index (κ3) is 3.00. The Morgan fingerprint density at radius 2 is 1.74 bits per heavy atom. The molecule has 1 heterocycles. The van der Waals surface area contributed by atoms with Gasteiger partial charge in [0.2, 0.25) is 0 Å². The molecule has 3 aromatic rings. The van der Waals surface area contributed by atoms with Crippen molar-refractivity contribution >= 4 is 11.0 Å². The average molecular weight is 309 g/mol. The second-order valence-corrected chi connectivity index (χ2v) is 5.59. The van der Waals surface area contributed by atoms with Gasteiger partial charge in [0.15, 0.2) is 0 Å². The Kier molecular flexibility index (Phi) is 4.20.